The first-order valence-corrected chi connectivity index (χ1v) is 4.58. The molecule has 0 aromatic heterocycles. The number of rotatable bonds is 0. The second kappa shape index (κ2) is 3.15. The van der Waals surface area contributed by atoms with Crippen LogP contribution in [-0.2, 0) is 6.42 Å². The molecule has 0 atom stereocenters. The Morgan fingerprint density at radius 2 is 2.14 bits per heavy atom. The number of hydrogen-bond acceptors (Lipinski definition) is 3. The molecule has 0 fully saturated rings. The Labute approximate surface area is 82.1 Å². The molecular weight excluding hydrogens is 176 g/mol. The summed E-state index contributed by atoms with van der Waals surface area (Å²) >= 11 is 0. The number of carbonyl (C=O) groups is 1. The third-order valence-corrected chi connectivity index (χ3v) is 2.56. The number of carbonyl (C=O) groups excluding carboxylic acids is 1. The number of benzene rings is 1. The van der Waals surface area contributed by atoms with Crippen molar-refractivity contribution in [2.45, 2.75) is 19.3 Å². The third-order valence-electron chi connectivity index (χ3n) is 2.56. The lowest BCUT2D eigenvalue weighted by Crippen LogP contribution is -2.14. The van der Waals surface area contributed by atoms with Gasteiger partial charge < -0.3 is 5.73 Å². The van der Waals surface area contributed by atoms with Crippen molar-refractivity contribution in [1.82, 2.24) is 0 Å². The molecule has 0 heterocycles. The fourth-order valence-corrected chi connectivity index (χ4v) is 1.87. The topological polar surface area (TPSA) is 66.9 Å². The number of anilines is 1. The van der Waals surface area contributed by atoms with Gasteiger partial charge in [0.1, 0.15) is 6.07 Å². The second-order valence-corrected chi connectivity index (χ2v) is 3.45. The van der Waals surface area contributed by atoms with Gasteiger partial charge in [0.25, 0.3) is 0 Å². The Morgan fingerprint density at radius 1 is 1.36 bits per heavy atom. The lowest BCUT2D eigenvalue weighted by molar-refractivity contribution is 0.0972. The van der Waals surface area contributed by atoms with Crippen molar-refractivity contribution < 1.29 is 4.79 Å². The average molecular weight is 186 g/mol. The van der Waals surface area contributed by atoms with Crippen LogP contribution in [-0.4, -0.2) is 5.78 Å². The SMILES string of the molecule is N#Cc1c(N)ccc2c1C(=O)CCC2. The van der Waals surface area contributed by atoms with Crippen molar-refractivity contribution in [3.63, 3.8) is 0 Å². The average Bonchev–Trinajstić information content (AvgIpc) is 2.19. The molecule has 0 saturated heterocycles. The van der Waals surface area contributed by atoms with Crippen LogP contribution in [0.5, 0.6) is 0 Å². The van der Waals surface area contributed by atoms with Gasteiger partial charge in [-0.3, -0.25) is 4.79 Å². The maximum Gasteiger partial charge on any atom is 0.164 e. The van der Waals surface area contributed by atoms with Gasteiger partial charge in [-0.05, 0) is 24.5 Å². The van der Waals surface area contributed by atoms with E-state index in [2.05, 4.69) is 0 Å². The molecule has 1 aliphatic carbocycles. The molecule has 3 nitrogen and oxygen atoms in total. The lowest BCUT2D eigenvalue weighted by Gasteiger charge is -2.16. The van der Waals surface area contributed by atoms with Crippen molar-refractivity contribution in [3.05, 3.63) is 28.8 Å². The molecule has 1 aromatic carbocycles. The molecule has 0 unspecified atom stereocenters. The molecule has 1 aromatic rings. The molecule has 0 saturated carbocycles. The maximum atomic E-state index is 11.6. The summed E-state index contributed by atoms with van der Waals surface area (Å²) < 4.78 is 0. The standard InChI is InChI=1S/C11H10N2O/c12-6-8-9(13)5-4-7-2-1-3-10(14)11(7)8/h4-5H,1-3,13H2. The molecule has 0 spiro atoms. The summed E-state index contributed by atoms with van der Waals surface area (Å²) in [5.41, 5.74) is 7.92. The summed E-state index contributed by atoms with van der Waals surface area (Å²) in [4.78, 5) is 11.6. The largest absolute Gasteiger partial charge is 0.398 e. The smallest absolute Gasteiger partial charge is 0.164 e. The van der Waals surface area contributed by atoms with Gasteiger partial charge in [0.15, 0.2) is 5.78 Å². The van der Waals surface area contributed by atoms with Crippen LogP contribution in [0.1, 0.15) is 34.3 Å². The van der Waals surface area contributed by atoms with E-state index in [1.54, 1.807) is 6.07 Å². The first-order valence-electron chi connectivity index (χ1n) is 4.58. The van der Waals surface area contributed by atoms with Crippen molar-refractivity contribution >= 4 is 11.5 Å². The quantitative estimate of drug-likeness (QED) is 0.626. The van der Waals surface area contributed by atoms with E-state index >= 15 is 0 Å². The van der Waals surface area contributed by atoms with E-state index in [1.807, 2.05) is 12.1 Å². The highest BCUT2D eigenvalue weighted by Crippen LogP contribution is 2.27. The monoisotopic (exact) mass is 186 g/mol. The highest BCUT2D eigenvalue weighted by Gasteiger charge is 2.21. The number of nitrogen functional groups attached to an aromatic ring is 1. The van der Waals surface area contributed by atoms with Crippen LogP contribution >= 0.6 is 0 Å². The molecule has 14 heavy (non-hydrogen) atoms. The Hall–Kier alpha value is -1.82. The van der Waals surface area contributed by atoms with Crippen molar-refractivity contribution in [2.24, 2.45) is 0 Å². The van der Waals surface area contributed by atoms with Crippen LogP contribution in [0.15, 0.2) is 12.1 Å². The van der Waals surface area contributed by atoms with Gasteiger partial charge in [0, 0.05) is 12.0 Å². The normalized spacial score (nSPS) is 14.6. The number of nitrogens with zero attached hydrogens (tertiary/aromatic N) is 1. The van der Waals surface area contributed by atoms with Crippen LogP contribution in [0.4, 0.5) is 5.69 Å². The summed E-state index contributed by atoms with van der Waals surface area (Å²) in [5.74, 6) is 0.0510. The first-order chi connectivity index (χ1) is 6.74. The number of Topliss-reactive ketones (excluding diaryl/α,β-unsaturated/α-hetero) is 1. The number of ketones is 1. The predicted octanol–water partition coefficient (Wildman–Crippen LogP) is 1.66. The first kappa shape index (κ1) is 8.76. The fourth-order valence-electron chi connectivity index (χ4n) is 1.87. The molecule has 70 valence electrons. The van der Waals surface area contributed by atoms with E-state index < -0.39 is 0 Å². The second-order valence-electron chi connectivity index (χ2n) is 3.45. The fraction of sp³-hybridized carbons (Fsp3) is 0.273. The molecule has 0 aliphatic heterocycles. The number of nitriles is 1. The van der Waals surface area contributed by atoms with Crippen LogP contribution in [0.25, 0.3) is 0 Å². The number of fused-ring (bicyclic) bond motifs is 1. The zero-order valence-corrected chi connectivity index (χ0v) is 7.71. The Kier molecular flexibility index (Phi) is 1.97. The van der Waals surface area contributed by atoms with E-state index in [1.165, 1.54) is 0 Å². The third kappa shape index (κ3) is 1.16. The molecule has 0 amide bonds. The van der Waals surface area contributed by atoms with Gasteiger partial charge in [0.05, 0.1) is 11.3 Å². The van der Waals surface area contributed by atoms with Gasteiger partial charge in [-0.1, -0.05) is 6.07 Å². The van der Waals surface area contributed by atoms with Crippen LogP contribution in [0, 0.1) is 11.3 Å². The van der Waals surface area contributed by atoms with E-state index in [0.717, 1.165) is 18.4 Å². The molecular formula is C11H10N2O. The van der Waals surface area contributed by atoms with Crippen molar-refractivity contribution in [3.8, 4) is 6.07 Å². The van der Waals surface area contributed by atoms with E-state index in [0.29, 0.717) is 23.2 Å². The number of hydrogen-bond donors (Lipinski definition) is 1. The molecule has 1 aliphatic rings. The minimum absolute atomic E-state index is 0.0510. The number of aryl methyl sites for hydroxylation is 1. The minimum Gasteiger partial charge on any atom is -0.398 e. The van der Waals surface area contributed by atoms with Gasteiger partial charge in [-0.2, -0.15) is 5.26 Å². The minimum atomic E-state index is 0.0510. The lowest BCUT2D eigenvalue weighted by atomic mass is 9.87. The van der Waals surface area contributed by atoms with Crippen LogP contribution in [0.3, 0.4) is 0 Å². The van der Waals surface area contributed by atoms with Gasteiger partial charge >= 0.3 is 0 Å². The van der Waals surface area contributed by atoms with E-state index in [-0.39, 0.29) is 5.78 Å². The Bertz CT molecular complexity index is 443. The summed E-state index contributed by atoms with van der Waals surface area (Å²) in [6.45, 7) is 0. The van der Waals surface area contributed by atoms with Gasteiger partial charge in [-0.15, -0.1) is 0 Å². The number of nitrogens with two attached hydrogens (primary N) is 1. The zero-order valence-electron chi connectivity index (χ0n) is 7.71. The summed E-state index contributed by atoms with van der Waals surface area (Å²) in [7, 11) is 0. The molecule has 2 rings (SSSR count). The summed E-state index contributed by atoms with van der Waals surface area (Å²) in [6, 6.07) is 5.56. The van der Waals surface area contributed by atoms with E-state index in [9.17, 15) is 4.79 Å². The Morgan fingerprint density at radius 3 is 2.86 bits per heavy atom. The van der Waals surface area contributed by atoms with Crippen molar-refractivity contribution in [1.29, 1.82) is 5.26 Å². The predicted molar refractivity (Wildman–Crippen MR) is 52.8 cm³/mol. The molecule has 2 N–H and O–H groups in total. The molecule has 0 bridgehead atoms. The maximum absolute atomic E-state index is 11.6. The molecule has 3 heteroatoms. The van der Waals surface area contributed by atoms with Crippen LogP contribution < -0.4 is 5.73 Å². The molecule has 0 radical (unpaired) electrons. The highest BCUT2D eigenvalue weighted by molar-refractivity contribution is 6.02. The Balaban J connectivity index is 2.71. The van der Waals surface area contributed by atoms with Crippen LogP contribution in [0.2, 0.25) is 0 Å². The van der Waals surface area contributed by atoms with Gasteiger partial charge in [-0.25, -0.2) is 0 Å². The highest BCUT2D eigenvalue weighted by atomic mass is 16.1. The van der Waals surface area contributed by atoms with Crippen molar-refractivity contribution in [2.75, 3.05) is 5.73 Å². The van der Waals surface area contributed by atoms with Gasteiger partial charge in [0.2, 0.25) is 0 Å². The summed E-state index contributed by atoms with van der Waals surface area (Å²) in [6.07, 6.45) is 2.28. The summed E-state index contributed by atoms with van der Waals surface area (Å²) in [5, 5.41) is 8.91. The van der Waals surface area contributed by atoms with E-state index in [4.69, 9.17) is 11.0 Å². The zero-order chi connectivity index (χ0) is 10.1.